The van der Waals surface area contributed by atoms with E-state index in [0.29, 0.717) is 21.3 Å². The zero-order valence-electron chi connectivity index (χ0n) is 13.2. The molecule has 1 saturated heterocycles. The molecule has 2 aromatic carbocycles. The number of nitrogens with zero attached hydrogens (tertiary/aromatic N) is 2. The van der Waals surface area contributed by atoms with E-state index < -0.39 is 5.97 Å². The Morgan fingerprint density at radius 2 is 1.84 bits per heavy atom. The fraction of sp³-hybridized carbons (Fsp3) is 0.0556. The van der Waals surface area contributed by atoms with Crippen molar-refractivity contribution in [3.8, 4) is 5.75 Å². The number of aliphatic imine (C=N–C) groups is 1. The molecule has 0 spiro atoms. The summed E-state index contributed by atoms with van der Waals surface area (Å²) in [6, 6.07) is 12.8. The Balaban J connectivity index is 1.88. The summed E-state index contributed by atoms with van der Waals surface area (Å²) >= 11 is 1.20. The van der Waals surface area contributed by atoms with E-state index in [-0.39, 0.29) is 17.2 Å². The topological polar surface area (TPSA) is 90.2 Å². The van der Waals surface area contributed by atoms with Crippen LogP contribution in [0, 0.1) is 0 Å². The SMILES string of the molecule is CN1C(=O)/C(=C\c2ccccc2O)SC1=Nc1ccc(C(=O)O)cc1. The highest BCUT2D eigenvalue weighted by atomic mass is 32.2. The van der Waals surface area contributed by atoms with Gasteiger partial charge >= 0.3 is 5.97 Å². The summed E-state index contributed by atoms with van der Waals surface area (Å²) < 4.78 is 0. The third-order valence-corrected chi connectivity index (χ3v) is 4.63. The van der Waals surface area contributed by atoms with Gasteiger partial charge in [-0.1, -0.05) is 18.2 Å². The van der Waals surface area contributed by atoms with Gasteiger partial charge in [-0.15, -0.1) is 0 Å². The third kappa shape index (κ3) is 3.56. The number of carboxylic acid groups (broad SMARTS) is 1. The smallest absolute Gasteiger partial charge is 0.335 e. The molecule has 3 rings (SSSR count). The molecule has 0 unspecified atom stereocenters. The number of thioether (sulfide) groups is 1. The molecule has 0 aliphatic carbocycles. The molecule has 0 aromatic heterocycles. The number of para-hydroxylation sites is 1. The largest absolute Gasteiger partial charge is 0.507 e. The van der Waals surface area contributed by atoms with Crippen LogP contribution in [0.2, 0.25) is 0 Å². The molecule has 2 N–H and O–H groups in total. The third-order valence-electron chi connectivity index (χ3n) is 3.57. The van der Waals surface area contributed by atoms with Crippen LogP contribution >= 0.6 is 11.8 Å². The number of carbonyl (C=O) groups is 2. The Morgan fingerprint density at radius 1 is 1.16 bits per heavy atom. The lowest BCUT2D eigenvalue weighted by atomic mass is 10.2. The molecule has 0 atom stereocenters. The van der Waals surface area contributed by atoms with Crippen molar-refractivity contribution in [1.29, 1.82) is 0 Å². The Bertz CT molecular complexity index is 904. The van der Waals surface area contributed by atoms with Gasteiger partial charge < -0.3 is 10.2 Å². The maximum absolute atomic E-state index is 12.4. The lowest BCUT2D eigenvalue weighted by Gasteiger charge is -2.07. The number of hydrogen-bond donors (Lipinski definition) is 2. The van der Waals surface area contributed by atoms with Crippen molar-refractivity contribution in [1.82, 2.24) is 4.90 Å². The minimum Gasteiger partial charge on any atom is -0.507 e. The van der Waals surface area contributed by atoms with Crippen molar-refractivity contribution in [2.75, 3.05) is 7.05 Å². The van der Waals surface area contributed by atoms with Gasteiger partial charge in [-0.3, -0.25) is 9.69 Å². The zero-order valence-corrected chi connectivity index (χ0v) is 14.0. The molecular formula is C18H14N2O4S. The average molecular weight is 354 g/mol. The van der Waals surface area contributed by atoms with Crippen LogP contribution in [0.1, 0.15) is 15.9 Å². The van der Waals surface area contributed by atoms with Crippen molar-refractivity contribution in [2.45, 2.75) is 0 Å². The number of likely N-dealkylation sites (N-methyl/N-ethyl adjacent to an activating group) is 1. The first-order valence-electron chi connectivity index (χ1n) is 7.33. The summed E-state index contributed by atoms with van der Waals surface area (Å²) in [6.45, 7) is 0. The zero-order chi connectivity index (χ0) is 18.0. The Labute approximate surface area is 148 Å². The van der Waals surface area contributed by atoms with Gasteiger partial charge in [-0.05, 0) is 48.2 Å². The second-order valence-corrected chi connectivity index (χ2v) is 6.29. The molecule has 0 bridgehead atoms. The number of carbonyl (C=O) groups excluding carboxylic acids is 1. The van der Waals surface area contributed by atoms with Crippen molar-refractivity contribution in [3.05, 3.63) is 64.6 Å². The van der Waals surface area contributed by atoms with E-state index in [0.717, 1.165) is 0 Å². The number of aromatic carboxylic acids is 1. The van der Waals surface area contributed by atoms with Crippen LogP contribution < -0.4 is 0 Å². The number of aromatic hydroxyl groups is 1. The van der Waals surface area contributed by atoms with E-state index in [4.69, 9.17) is 5.11 Å². The van der Waals surface area contributed by atoms with E-state index in [9.17, 15) is 14.7 Å². The Kier molecular flexibility index (Phi) is 4.58. The second-order valence-electron chi connectivity index (χ2n) is 5.28. The predicted octanol–water partition coefficient (Wildman–Crippen LogP) is 3.32. The summed E-state index contributed by atoms with van der Waals surface area (Å²) in [7, 11) is 1.62. The van der Waals surface area contributed by atoms with Crippen LogP contribution in [0.25, 0.3) is 6.08 Å². The first-order chi connectivity index (χ1) is 12.0. The van der Waals surface area contributed by atoms with Crippen molar-refractivity contribution in [3.63, 3.8) is 0 Å². The van der Waals surface area contributed by atoms with Crippen LogP contribution in [0.4, 0.5) is 5.69 Å². The lowest BCUT2D eigenvalue weighted by Crippen LogP contribution is -2.23. The van der Waals surface area contributed by atoms with Crippen LogP contribution in [0.15, 0.2) is 58.4 Å². The lowest BCUT2D eigenvalue weighted by molar-refractivity contribution is -0.121. The molecule has 1 aliphatic heterocycles. The molecule has 1 amide bonds. The monoisotopic (exact) mass is 354 g/mol. The minimum absolute atomic E-state index is 0.0979. The summed E-state index contributed by atoms with van der Waals surface area (Å²) in [6.07, 6.45) is 1.62. The van der Waals surface area contributed by atoms with Gasteiger partial charge in [0.05, 0.1) is 16.2 Å². The van der Waals surface area contributed by atoms with Gasteiger partial charge in [0.15, 0.2) is 5.17 Å². The fourth-order valence-electron chi connectivity index (χ4n) is 2.19. The van der Waals surface area contributed by atoms with Crippen molar-refractivity contribution >= 4 is 40.6 Å². The van der Waals surface area contributed by atoms with Crippen LogP contribution in [0.5, 0.6) is 5.75 Å². The van der Waals surface area contributed by atoms with E-state index in [1.807, 2.05) is 0 Å². The van der Waals surface area contributed by atoms with Gasteiger partial charge in [0.25, 0.3) is 5.91 Å². The first kappa shape index (κ1) is 16.8. The van der Waals surface area contributed by atoms with Crippen LogP contribution in [-0.2, 0) is 4.79 Å². The Morgan fingerprint density at radius 3 is 2.48 bits per heavy atom. The van der Waals surface area contributed by atoms with Crippen LogP contribution in [-0.4, -0.2) is 39.2 Å². The number of rotatable bonds is 3. The summed E-state index contributed by atoms with van der Waals surface area (Å²) in [5, 5.41) is 19.2. The number of amidine groups is 1. The molecule has 2 aromatic rings. The van der Waals surface area contributed by atoms with E-state index in [2.05, 4.69) is 4.99 Å². The first-order valence-corrected chi connectivity index (χ1v) is 8.15. The number of phenolic OH excluding ortho intramolecular Hbond substituents is 1. The second kappa shape index (κ2) is 6.82. The molecule has 0 radical (unpaired) electrons. The van der Waals surface area contributed by atoms with Crippen LogP contribution in [0.3, 0.4) is 0 Å². The molecule has 6 nitrogen and oxygen atoms in total. The molecule has 1 heterocycles. The number of phenols is 1. The van der Waals surface area contributed by atoms with Gasteiger partial charge in [-0.2, -0.15) is 0 Å². The molecule has 0 saturated carbocycles. The quantitative estimate of drug-likeness (QED) is 0.825. The van der Waals surface area contributed by atoms with E-state index >= 15 is 0 Å². The molecule has 126 valence electrons. The maximum atomic E-state index is 12.4. The molecular weight excluding hydrogens is 340 g/mol. The average Bonchev–Trinajstić information content (AvgIpc) is 2.85. The minimum atomic E-state index is -1.00. The van der Waals surface area contributed by atoms with Gasteiger partial charge in [0.2, 0.25) is 0 Å². The van der Waals surface area contributed by atoms with Crippen molar-refractivity contribution in [2.24, 2.45) is 4.99 Å². The number of hydrogen-bond acceptors (Lipinski definition) is 5. The van der Waals surface area contributed by atoms with Gasteiger partial charge in [0, 0.05) is 12.6 Å². The number of benzene rings is 2. The predicted molar refractivity (Wildman–Crippen MR) is 96.9 cm³/mol. The normalized spacial score (nSPS) is 17.5. The van der Waals surface area contributed by atoms with E-state index in [1.165, 1.54) is 28.8 Å². The summed E-state index contributed by atoms with van der Waals surface area (Å²) in [5.74, 6) is -1.12. The summed E-state index contributed by atoms with van der Waals surface area (Å²) in [4.78, 5) is 29.5. The number of carboxylic acids is 1. The molecule has 7 heteroatoms. The molecule has 1 fully saturated rings. The van der Waals surface area contributed by atoms with Gasteiger partial charge in [0.1, 0.15) is 5.75 Å². The standard InChI is InChI=1S/C18H14N2O4S/c1-20-16(22)15(10-12-4-2-3-5-14(12)21)25-18(20)19-13-8-6-11(7-9-13)17(23)24/h2-10,21H,1H3,(H,23,24)/b15-10+,19-18?. The fourth-order valence-corrected chi connectivity index (χ4v) is 3.17. The molecule has 25 heavy (non-hydrogen) atoms. The highest BCUT2D eigenvalue weighted by Gasteiger charge is 2.30. The Hall–Kier alpha value is -3.06. The molecule has 1 aliphatic rings. The highest BCUT2D eigenvalue weighted by Crippen LogP contribution is 2.34. The highest BCUT2D eigenvalue weighted by molar-refractivity contribution is 8.18. The maximum Gasteiger partial charge on any atom is 0.335 e. The van der Waals surface area contributed by atoms with Crippen molar-refractivity contribution < 1.29 is 19.8 Å². The summed E-state index contributed by atoms with van der Waals surface area (Å²) in [5.41, 5.74) is 1.28. The number of amides is 1. The van der Waals surface area contributed by atoms with Gasteiger partial charge in [-0.25, -0.2) is 9.79 Å². The van der Waals surface area contributed by atoms with E-state index in [1.54, 1.807) is 49.5 Å².